The van der Waals surface area contributed by atoms with Crippen LogP contribution in [0.2, 0.25) is 1.41 Å². The number of nitrogens with one attached hydrogen (secondary N) is 1. The Labute approximate surface area is 90.3 Å². The predicted molar refractivity (Wildman–Crippen MR) is 52.9 cm³/mol. The molecule has 1 aliphatic heterocycles. The standard InChI is InChI=1S/C10H19NO3/c1-10(2,3)14-9(13)8-6-7(12)4-5-11-8/h7-8,11-12H,4-6H2,1-3H3/i4D,5D,6D/hD. The molecule has 0 aromatic carbocycles. The molecule has 82 valence electrons. The summed E-state index contributed by atoms with van der Waals surface area (Å²) in [5, 5.41) is 10.2. The number of carbonyl (C=O) groups excluding carboxylic acids is 1. The van der Waals surface area contributed by atoms with Crippen molar-refractivity contribution in [1.82, 2.24) is 5.31 Å². The molecule has 0 aliphatic carbocycles. The van der Waals surface area contributed by atoms with E-state index in [4.69, 9.17) is 10.3 Å². The van der Waals surface area contributed by atoms with E-state index >= 15 is 0 Å². The lowest BCUT2D eigenvalue weighted by atomic mass is 10.0. The van der Waals surface area contributed by atoms with Gasteiger partial charge in [-0.3, -0.25) is 4.79 Å². The van der Waals surface area contributed by atoms with Gasteiger partial charge in [0.05, 0.1) is 6.10 Å². The molecule has 1 aliphatic rings. The summed E-state index contributed by atoms with van der Waals surface area (Å²) in [7, 11) is 0. The Kier molecular flexibility index (Phi) is 2.08. The zero-order valence-corrected chi connectivity index (χ0v) is 8.60. The molecule has 0 radical (unpaired) electrons. The molecule has 5 atom stereocenters. The van der Waals surface area contributed by atoms with Gasteiger partial charge in [0.1, 0.15) is 13.1 Å². The Morgan fingerprint density at radius 2 is 2.36 bits per heavy atom. The van der Waals surface area contributed by atoms with Crippen LogP contribution in [0.5, 0.6) is 0 Å². The number of carbonyl (C=O) groups is 1. The number of hydrogen-bond acceptors (Lipinski definition) is 4. The van der Waals surface area contributed by atoms with Gasteiger partial charge in [0.2, 0.25) is 0 Å². The second-order valence-corrected chi connectivity index (χ2v) is 4.15. The van der Waals surface area contributed by atoms with E-state index in [1.807, 2.05) is 0 Å². The van der Waals surface area contributed by atoms with Crippen molar-refractivity contribution in [3.8, 4) is 0 Å². The third-order valence-corrected chi connectivity index (χ3v) is 1.56. The zero-order valence-electron chi connectivity index (χ0n) is 12.6. The normalized spacial score (nSPS) is 49.9. The van der Waals surface area contributed by atoms with Gasteiger partial charge in [-0.15, -0.1) is 0 Å². The molecule has 4 nitrogen and oxygen atoms in total. The first kappa shape index (κ1) is 6.80. The molecule has 1 fully saturated rings. The van der Waals surface area contributed by atoms with Crippen molar-refractivity contribution in [2.75, 3.05) is 6.52 Å². The van der Waals surface area contributed by atoms with E-state index in [-0.39, 0.29) is 0 Å². The number of ether oxygens (including phenoxy) is 1. The molecule has 1 saturated heterocycles. The Morgan fingerprint density at radius 3 is 2.93 bits per heavy atom. The zero-order chi connectivity index (χ0) is 14.2. The predicted octanol–water partition coefficient (Wildman–Crippen LogP) is 0.441. The number of aliphatic hydroxyl groups excluding tert-OH is 1. The van der Waals surface area contributed by atoms with Crippen LogP contribution in [-0.2, 0) is 9.53 Å². The Hall–Kier alpha value is -0.610. The first-order valence-corrected chi connectivity index (χ1v) is 4.51. The van der Waals surface area contributed by atoms with E-state index in [1.165, 1.54) is 0 Å². The van der Waals surface area contributed by atoms with Crippen LogP contribution in [0.3, 0.4) is 0 Å². The second kappa shape index (κ2) is 4.28. The van der Waals surface area contributed by atoms with E-state index in [1.54, 1.807) is 20.8 Å². The third kappa shape index (κ3) is 3.64. The van der Waals surface area contributed by atoms with Gasteiger partial charge >= 0.3 is 5.97 Å². The first-order chi connectivity index (χ1) is 8.06. The molecule has 1 heterocycles. The molecule has 0 aromatic rings. The van der Waals surface area contributed by atoms with Gasteiger partial charge in [-0.25, -0.2) is 0 Å². The third-order valence-electron chi connectivity index (χ3n) is 1.56. The van der Waals surface area contributed by atoms with Crippen molar-refractivity contribution in [2.45, 2.75) is 51.3 Å². The summed E-state index contributed by atoms with van der Waals surface area (Å²) in [6, 6.07) is -1.34. The minimum atomic E-state index is -1.44. The average Bonchev–Trinajstić information content (AvgIpc) is 2.21. The van der Waals surface area contributed by atoms with Crippen molar-refractivity contribution in [1.29, 1.82) is 0 Å². The van der Waals surface area contributed by atoms with Gasteiger partial charge in [-0.1, -0.05) is 0 Å². The highest BCUT2D eigenvalue weighted by atomic mass is 16.6. The summed E-state index contributed by atoms with van der Waals surface area (Å²) in [4.78, 5) is 11.9. The Morgan fingerprint density at radius 1 is 1.71 bits per heavy atom. The van der Waals surface area contributed by atoms with E-state index in [0.29, 0.717) is 5.31 Å². The molecule has 4 heteroatoms. The highest BCUT2D eigenvalue weighted by molar-refractivity contribution is 5.76. The quantitative estimate of drug-likeness (QED) is 0.610. The highest BCUT2D eigenvalue weighted by Gasteiger charge is 2.29. The summed E-state index contributed by atoms with van der Waals surface area (Å²) in [6.45, 7) is 3.59. The lowest BCUT2D eigenvalue weighted by molar-refractivity contribution is -0.159. The van der Waals surface area contributed by atoms with Gasteiger partial charge in [0.25, 0.3) is 0 Å². The fraction of sp³-hybridized carbons (Fsp3) is 0.900. The van der Waals surface area contributed by atoms with Crippen LogP contribution in [0.25, 0.3) is 0 Å². The maximum absolute atomic E-state index is 11.9. The maximum Gasteiger partial charge on any atom is 0.323 e. The summed E-state index contributed by atoms with van der Waals surface area (Å²) >= 11 is 0. The van der Waals surface area contributed by atoms with Crippen LogP contribution >= 0.6 is 0 Å². The summed E-state index contributed by atoms with van der Waals surface area (Å²) < 4.78 is 35.4. The van der Waals surface area contributed by atoms with Crippen molar-refractivity contribution >= 4 is 5.97 Å². The largest absolute Gasteiger partial charge is 0.459 e. The molecule has 14 heavy (non-hydrogen) atoms. The second-order valence-electron chi connectivity index (χ2n) is 4.15. The lowest BCUT2D eigenvalue weighted by Crippen LogP contribution is -2.47. The van der Waals surface area contributed by atoms with Gasteiger partial charge in [-0.05, 0) is 40.1 Å². The molecule has 0 saturated carbocycles. The van der Waals surface area contributed by atoms with Crippen LogP contribution < -0.4 is 5.31 Å². The van der Waals surface area contributed by atoms with Crippen LogP contribution in [-0.4, -0.2) is 35.3 Å². The molecular weight excluding hydrogens is 182 g/mol. The SMILES string of the molecule is [2H]C1C(O)C([2H])C(C(=O)OC(C)(C)C)N([2H])C1[2H]. The highest BCUT2D eigenvalue weighted by Crippen LogP contribution is 2.14. The molecule has 5 unspecified atom stereocenters. The average molecular weight is 205 g/mol. The van der Waals surface area contributed by atoms with Crippen molar-refractivity contribution in [3.05, 3.63) is 0 Å². The summed E-state index contributed by atoms with van der Waals surface area (Å²) in [5.41, 5.74) is -0.766. The van der Waals surface area contributed by atoms with E-state index in [9.17, 15) is 9.90 Å². The molecule has 0 amide bonds. The Balaban J connectivity index is 2.89. The molecule has 0 bridgehead atoms. The Bertz CT molecular complexity index is 307. The minimum absolute atomic E-state index is 0.566. The molecule has 0 aromatic heterocycles. The molecule has 2 N–H and O–H groups in total. The fourth-order valence-corrected chi connectivity index (χ4v) is 1.03. The van der Waals surface area contributed by atoms with Crippen molar-refractivity contribution in [3.63, 3.8) is 0 Å². The van der Waals surface area contributed by atoms with Crippen LogP contribution in [0.1, 0.15) is 37.7 Å². The minimum Gasteiger partial charge on any atom is -0.459 e. The van der Waals surface area contributed by atoms with Crippen molar-refractivity contribution < 1.29 is 20.2 Å². The van der Waals surface area contributed by atoms with Crippen molar-refractivity contribution in [2.24, 2.45) is 0 Å². The van der Waals surface area contributed by atoms with E-state index in [0.717, 1.165) is 0 Å². The lowest BCUT2D eigenvalue weighted by Gasteiger charge is -2.29. The van der Waals surface area contributed by atoms with E-state index in [2.05, 4.69) is 0 Å². The topological polar surface area (TPSA) is 58.6 Å². The number of rotatable bonds is 1. The fourth-order valence-electron chi connectivity index (χ4n) is 1.03. The van der Waals surface area contributed by atoms with Gasteiger partial charge in [0.15, 0.2) is 0 Å². The number of esters is 1. The number of piperidine rings is 1. The van der Waals surface area contributed by atoms with Gasteiger partial charge < -0.3 is 15.2 Å². The molecule has 0 spiro atoms. The number of hydrogen-bond donors (Lipinski definition) is 2. The van der Waals surface area contributed by atoms with Gasteiger partial charge in [0, 0.05) is 4.11 Å². The van der Waals surface area contributed by atoms with Crippen LogP contribution in [0, 0.1) is 0 Å². The molecule has 1 rings (SSSR count). The van der Waals surface area contributed by atoms with Gasteiger partial charge in [-0.2, -0.15) is 0 Å². The monoisotopic (exact) mass is 205 g/mol. The first-order valence-electron chi connectivity index (χ1n) is 6.69. The maximum atomic E-state index is 11.9. The van der Waals surface area contributed by atoms with E-state index < -0.39 is 43.0 Å². The molecular formula is C10H19NO3. The van der Waals surface area contributed by atoms with Crippen LogP contribution in [0.4, 0.5) is 0 Å². The van der Waals surface area contributed by atoms with Crippen LogP contribution in [0.15, 0.2) is 0 Å². The summed E-state index contributed by atoms with van der Waals surface area (Å²) in [6.07, 6.45) is -4.10. The smallest absolute Gasteiger partial charge is 0.323 e. The number of aliphatic hydroxyl groups is 1. The summed E-state index contributed by atoms with van der Waals surface area (Å²) in [5.74, 6) is -0.819.